The highest BCUT2D eigenvalue weighted by molar-refractivity contribution is 7.13. The number of aromatic nitrogens is 2. The predicted molar refractivity (Wildman–Crippen MR) is 89.1 cm³/mol. The van der Waals surface area contributed by atoms with E-state index in [9.17, 15) is 4.79 Å². The van der Waals surface area contributed by atoms with E-state index in [1.807, 2.05) is 23.6 Å². The van der Waals surface area contributed by atoms with Crippen molar-refractivity contribution < 1.29 is 4.79 Å². The van der Waals surface area contributed by atoms with E-state index in [0.29, 0.717) is 10.7 Å². The lowest BCUT2D eigenvalue weighted by Crippen LogP contribution is -2.14. The number of pyridine rings is 1. The van der Waals surface area contributed by atoms with E-state index in [1.165, 1.54) is 11.3 Å². The Labute approximate surface area is 136 Å². The lowest BCUT2D eigenvalue weighted by molar-refractivity contribution is -0.115. The van der Waals surface area contributed by atoms with Crippen molar-refractivity contribution in [2.24, 2.45) is 0 Å². The molecule has 0 aliphatic rings. The molecule has 0 fully saturated rings. The van der Waals surface area contributed by atoms with Crippen molar-refractivity contribution in [3.05, 3.63) is 64.8 Å². The van der Waals surface area contributed by atoms with E-state index in [4.69, 9.17) is 11.6 Å². The summed E-state index contributed by atoms with van der Waals surface area (Å²) in [6.07, 6.45) is 1.94. The van der Waals surface area contributed by atoms with Crippen LogP contribution in [0.3, 0.4) is 0 Å². The molecule has 0 bridgehead atoms. The molecule has 3 aromatic rings. The fourth-order valence-electron chi connectivity index (χ4n) is 1.93. The number of anilines is 1. The topological polar surface area (TPSA) is 54.9 Å². The second kappa shape index (κ2) is 6.68. The Morgan fingerprint density at radius 1 is 1.23 bits per heavy atom. The molecule has 0 saturated heterocycles. The summed E-state index contributed by atoms with van der Waals surface area (Å²) in [6.45, 7) is 0. The van der Waals surface area contributed by atoms with Crippen LogP contribution in [0.4, 0.5) is 5.69 Å². The molecule has 0 atom stereocenters. The Morgan fingerprint density at radius 2 is 2.14 bits per heavy atom. The van der Waals surface area contributed by atoms with Crippen LogP contribution in [-0.4, -0.2) is 15.9 Å². The molecule has 2 aromatic heterocycles. The summed E-state index contributed by atoms with van der Waals surface area (Å²) in [4.78, 5) is 20.7. The minimum absolute atomic E-state index is 0.125. The van der Waals surface area contributed by atoms with Gasteiger partial charge >= 0.3 is 0 Å². The Morgan fingerprint density at radius 3 is 2.91 bits per heavy atom. The van der Waals surface area contributed by atoms with Gasteiger partial charge in [-0.25, -0.2) is 4.98 Å². The van der Waals surface area contributed by atoms with Gasteiger partial charge in [-0.05, 0) is 30.3 Å². The summed E-state index contributed by atoms with van der Waals surface area (Å²) in [6, 6.07) is 12.7. The first kappa shape index (κ1) is 14.7. The summed E-state index contributed by atoms with van der Waals surface area (Å²) < 4.78 is 0. The summed E-state index contributed by atoms with van der Waals surface area (Å²) in [5.41, 5.74) is 2.22. The molecule has 0 spiro atoms. The molecule has 0 unspecified atom stereocenters. The van der Waals surface area contributed by atoms with E-state index < -0.39 is 0 Å². The summed E-state index contributed by atoms with van der Waals surface area (Å²) >= 11 is 7.37. The number of hydrogen-bond donors (Lipinski definition) is 1. The van der Waals surface area contributed by atoms with Gasteiger partial charge < -0.3 is 5.32 Å². The third-order valence-electron chi connectivity index (χ3n) is 2.89. The molecule has 1 aromatic carbocycles. The minimum atomic E-state index is -0.125. The van der Waals surface area contributed by atoms with E-state index >= 15 is 0 Å². The van der Waals surface area contributed by atoms with Gasteiger partial charge in [0.15, 0.2) is 0 Å². The van der Waals surface area contributed by atoms with Crippen LogP contribution < -0.4 is 5.32 Å². The number of carbonyl (C=O) groups excluding carboxylic acids is 1. The summed E-state index contributed by atoms with van der Waals surface area (Å²) in [7, 11) is 0. The van der Waals surface area contributed by atoms with E-state index in [2.05, 4.69) is 15.3 Å². The van der Waals surface area contributed by atoms with Gasteiger partial charge in [0.2, 0.25) is 5.91 Å². The number of halogens is 1. The molecule has 2 heterocycles. The van der Waals surface area contributed by atoms with Crippen molar-refractivity contribution in [1.29, 1.82) is 0 Å². The molecule has 4 nitrogen and oxygen atoms in total. The van der Waals surface area contributed by atoms with Gasteiger partial charge in [-0.3, -0.25) is 9.78 Å². The van der Waals surface area contributed by atoms with Crippen LogP contribution in [0, 0.1) is 0 Å². The fraction of sp³-hybridized carbons (Fsp3) is 0.0625. The van der Waals surface area contributed by atoms with Gasteiger partial charge in [0, 0.05) is 22.3 Å². The number of nitrogens with one attached hydrogen (secondary N) is 1. The molecule has 22 heavy (non-hydrogen) atoms. The number of hydrogen-bond acceptors (Lipinski definition) is 4. The monoisotopic (exact) mass is 329 g/mol. The number of thiazole rings is 1. The van der Waals surface area contributed by atoms with Gasteiger partial charge in [0.05, 0.1) is 17.8 Å². The Balaban J connectivity index is 1.66. The highest BCUT2D eigenvalue weighted by atomic mass is 35.5. The molecule has 1 N–H and O–H groups in total. The van der Waals surface area contributed by atoms with Crippen molar-refractivity contribution >= 4 is 34.5 Å². The van der Waals surface area contributed by atoms with Crippen LogP contribution in [0.15, 0.2) is 54.0 Å². The molecule has 110 valence electrons. The predicted octanol–water partition coefficient (Wildman–Crippen LogP) is 4.04. The van der Waals surface area contributed by atoms with Gasteiger partial charge in [0.1, 0.15) is 5.01 Å². The second-order valence-corrected chi connectivity index (χ2v) is 5.89. The first-order valence-electron chi connectivity index (χ1n) is 6.62. The SMILES string of the molecule is O=C(Cc1csc(-c2ccccn2)n1)Nc1cccc(Cl)c1. The molecule has 6 heteroatoms. The van der Waals surface area contributed by atoms with Crippen molar-refractivity contribution in [3.8, 4) is 10.7 Å². The van der Waals surface area contributed by atoms with Crippen molar-refractivity contribution in [2.75, 3.05) is 5.32 Å². The van der Waals surface area contributed by atoms with Crippen LogP contribution in [-0.2, 0) is 11.2 Å². The number of nitrogens with zero attached hydrogens (tertiary/aromatic N) is 2. The number of rotatable bonds is 4. The zero-order chi connectivity index (χ0) is 15.4. The maximum absolute atomic E-state index is 12.0. The maximum atomic E-state index is 12.0. The second-order valence-electron chi connectivity index (χ2n) is 4.59. The molecule has 0 aliphatic heterocycles. The number of amides is 1. The molecule has 0 radical (unpaired) electrons. The largest absolute Gasteiger partial charge is 0.326 e. The van der Waals surface area contributed by atoms with Crippen LogP contribution in [0.25, 0.3) is 10.7 Å². The van der Waals surface area contributed by atoms with Gasteiger partial charge in [-0.2, -0.15) is 0 Å². The summed E-state index contributed by atoms with van der Waals surface area (Å²) in [5, 5.41) is 6.08. The van der Waals surface area contributed by atoms with E-state index in [-0.39, 0.29) is 12.3 Å². The van der Waals surface area contributed by atoms with Crippen LogP contribution in [0.5, 0.6) is 0 Å². The summed E-state index contributed by atoms with van der Waals surface area (Å²) in [5.74, 6) is -0.125. The minimum Gasteiger partial charge on any atom is -0.326 e. The quantitative estimate of drug-likeness (QED) is 0.786. The standard InChI is InChI=1S/C16H12ClN3OS/c17-11-4-3-5-12(8-11)19-15(21)9-13-10-22-16(20-13)14-6-1-2-7-18-14/h1-8,10H,9H2,(H,19,21). The van der Waals surface area contributed by atoms with E-state index in [1.54, 1.807) is 30.5 Å². The molecule has 1 amide bonds. The highest BCUT2D eigenvalue weighted by Crippen LogP contribution is 2.22. The third-order valence-corrected chi connectivity index (χ3v) is 4.03. The normalized spacial score (nSPS) is 10.4. The van der Waals surface area contributed by atoms with Gasteiger partial charge in [-0.15, -0.1) is 11.3 Å². The van der Waals surface area contributed by atoms with Crippen molar-refractivity contribution in [1.82, 2.24) is 9.97 Å². The number of benzene rings is 1. The fourth-order valence-corrected chi connectivity index (χ4v) is 2.92. The Kier molecular flexibility index (Phi) is 4.46. The first-order chi connectivity index (χ1) is 10.7. The lowest BCUT2D eigenvalue weighted by atomic mass is 10.3. The molecular weight excluding hydrogens is 318 g/mol. The van der Waals surface area contributed by atoms with Crippen molar-refractivity contribution in [3.63, 3.8) is 0 Å². The Hall–Kier alpha value is -2.24. The van der Waals surface area contributed by atoms with Gasteiger partial charge in [-0.1, -0.05) is 23.7 Å². The molecular formula is C16H12ClN3OS. The molecule has 3 rings (SSSR count). The third kappa shape index (κ3) is 3.69. The van der Waals surface area contributed by atoms with Crippen molar-refractivity contribution in [2.45, 2.75) is 6.42 Å². The van der Waals surface area contributed by atoms with Crippen LogP contribution in [0.2, 0.25) is 5.02 Å². The average Bonchev–Trinajstić information content (AvgIpc) is 2.96. The number of carbonyl (C=O) groups is 1. The smallest absolute Gasteiger partial charge is 0.230 e. The maximum Gasteiger partial charge on any atom is 0.230 e. The lowest BCUT2D eigenvalue weighted by Gasteiger charge is -2.04. The molecule has 0 aliphatic carbocycles. The average molecular weight is 330 g/mol. The van der Waals surface area contributed by atoms with Crippen LogP contribution in [0.1, 0.15) is 5.69 Å². The first-order valence-corrected chi connectivity index (χ1v) is 7.88. The Bertz CT molecular complexity index is 789. The van der Waals surface area contributed by atoms with Gasteiger partial charge in [0.25, 0.3) is 0 Å². The van der Waals surface area contributed by atoms with Crippen LogP contribution >= 0.6 is 22.9 Å². The van der Waals surface area contributed by atoms with E-state index in [0.717, 1.165) is 16.4 Å². The zero-order valence-electron chi connectivity index (χ0n) is 11.5. The molecule has 0 saturated carbocycles. The highest BCUT2D eigenvalue weighted by Gasteiger charge is 2.10. The zero-order valence-corrected chi connectivity index (χ0v) is 13.1.